The highest BCUT2D eigenvalue weighted by Crippen LogP contribution is 2.09. The topological polar surface area (TPSA) is 44.8 Å². The smallest absolute Gasteiger partial charge is 0.305 e. The first-order chi connectivity index (χ1) is 10.8. The van der Waals surface area contributed by atoms with Crippen molar-refractivity contribution in [1.82, 2.24) is 0 Å². The van der Waals surface area contributed by atoms with Crippen molar-refractivity contribution in [3.63, 3.8) is 0 Å². The molecule has 0 N–H and O–H groups in total. The second-order valence-corrected chi connectivity index (χ2v) is 5.73. The number of unbranched alkanes of at least 4 members (excludes halogenated alkanes) is 8. The van der Waals surface area contributed by atoms with Gasteiger partial charge in [-0.3, -0.25) is 4.79 Å². The molecule has 0 fully saturated rings. The third-order valence-corrected chi connectivity index (χ3v) is 3.66. The second kappa shape index (κ2) is 18.4. The molecule has 0 atom stereocenters. The van der Waals surface area contributed by atoms with Crippen molar-refractivity contribution in [2.45, 2.75) is 77.6 Å². The molecule has 0 heterocycles. The van der Waals surface area contributed by atoms with E-state index in [9.17, 15) is 4.79 Å². The van der Waals surface area contributed by atoms with Crippen LogP contribution in [-0.4, -0.2) is 39.5 Å². The normalized spacial score (nSPS) is 10.8. The summed E-state index contributed by atoms with van der Waals surface area (Å²) in [5, 5.41) is 0. The van der Waals surface area contributed by atoms with Crippen LogP contribution in [0.4, 0.5) is 0 Å². The van der Waals surface area contributed by atoms with Gasteiger partial charge >= 0.3 is 5.97 Å². The number of rotatable bonds is 17. The lowest BCUT2D eigenvalue weighted by Crippen LogP contribution is -2.08. The molecule has 22 heavy (non-hydrogen) atoms. The van der Waals surface area contributed by atoms with E-state index >= 15 is 0 Å². The first-order valence-corrected chi connectivity index (χ1v) is 9.03. The maximum atomic E-state index is 10.9. The van der Waals surface area contributed by atoms with Gasteiger partial charge in [-0.15, -0.1) is 0 Å². The van der Waals surface area contributed by atoms with Gasteiger partial charge in [-0.25, -0.2) is 0 Å². The summed E-state index contributed by atoms with van der Waals surface area (Å²) in [5.74, 6) is -0.176. The molecule has 0 aliphatic rings. The molecule has 4 heteroatoms. The summed E-state index contributed by atoms with van der Waals surface area (Å²) in [7, 11) is 1.41. The minimum atomic E-state index is -0.176. The summed E-state index contributed by atoms with van der Waals surface area (Å²) in [6, 6.07) is 0. The summed E-state index contributed by atoms with van der Waals surface area (Å²) < 4.78 is 15.5. The van der Waals surface area contributed by atoms with Gasteiger partial charge in [-0.05, 0) is 12.8 Å². The monoisotopic (exact) mass is 316 g/mol. The van der Waals surface area contributed by atoms with Crippen molar-refractivity contribution in [2.75, 3.05) is 33.5 Å². The van der Waals surface area contributed by atoms with Gasteiger partial charge in [-0.1, -0.05) is 58.3 Å². The lowest BCUT2D eigenvalue weighted by molar-refractivity contribution is -0.141. The third kappa shape index (κ3) is 17.4. The fourth-order valence-electron chi connectivity index (χ4n) is 2.26. The number of hydrogen-bond donors (Lipinski definition) is 0. The Bertz CT molecular complexity index is 231. The predicted molar refractivity (Wildman–Crippen MR) is 90.1 cm³/mol. The third-order valence-electron chi connectivity index (χ3n) is 3.66. The van der Waals surface area contributed by atoms with Gasteiger partial charge in [0.25, 0.3) is 0 Å². The predicted octanol–water partition coefficient (Wildman–Crippen LogP) is 4.50. The molecule has 132 valence electrons. The minimum absolute atomic E-state index is 0.176. The molecule has 0 aromatic carbocycles. The number of hydrogen-bond acceptors (Lipinski definition) is 4. The Kier molecular flexibility index (Phi) is 17.9. The molecule has 0 radical (unpaired) electrons. The average molecular weight is 316 g/mol. The van der Waals surface area contributed by atoms with E-state index in [0.717, 1.165) is 13.0 Å². The molecular weight excluding hydrogens is 280 g/mol. The Balaban J connectivity index is 2.98. The van der Waals surface area contributed by atoms with E-state index in [2.05, 4.69) is 11.7 Å². The fourth-order valence-corrected chi connectivity index (χ4v) is 2.26. The van der Waals surface area contributed by atoms with E-state index < -0.39 is 0 Å². The van der Waals surface area contributed by atoms with Gasteiger partial charge in [0.05, 0.1) is 20.3 Å². The Morgan fingerprint density at radius 3 is 1.73 bits per heavy atom. The van der Waals surface area contributed by atoms with E-state index in [1.165, 1.54) is 58.5 Å². The summed E-state index contributed by atoms with van der Waals surface area (Å²) in [6.07, 6.45) is 13.2. The van der Waals surface area contributed by atoms with Crippen LogP contribution in [0.5, 0.6) is 0 Å². The summed E-state index contributed by atoms with van der Waals surface area (Å²) in [4.78, 5) is 10.9. The number of carbonyl (C=O) groups is 1. The van der Waals surface area contributed by atoms with Gasteiger partial charge in [-0.2, -0.15) is 0 Å². The van der Waals surface area contributed by atoms with Crippen LogP contribution in [-0.2, 0) is 19.0 Å². The van der Waals surface area contributed by atoms with Crippen LogP contribution in [0.1, 0.15) is 77.6 Å². The van der Waals surface area contributed by atoms with Gasteiger partial charge in [0.15, 0.2) is 0 Å². The van der Waals surface area contributed by atoms with Gasteiger partial charge in [0.1, 0.15) is 0 Å². The van der Waals surface area contributed by atoms with Gasteiger partial charge < -0.3 is 14.2 Å². The van der Waals surface area contributed by atoms with Crippen molar-refractivity contribution < 1.29 is 19.0 Å². The molecule has 0 aliphatic carbocycles. The zero-order valence-corrected chi connectivity index (χ0v) is 14.7. The molecule has 0 bridgehead atoms. The second-order valence-electron chi connectivity index (χ2n) is 5.73. The number of esters is 1. The Morgan fingerprint density at radius 1 is 0.682 bits per heavy atom. The van der Waals surface area contributed by atoms with Crippen LogP contribution in [0.25, 0.3) is 0 Å². The van der Waals surface area contributed by atoms with Crippen LogP contribution in [0, 0.1) is 0 Å². The lowest BCUT2D eigenvalue weighted by Gasteiger charge is -2.06. The Labute approximate surface area is 136 Å². The van der Waals surface area contributed by atoms with E-state index in [-0.39, 0.29) is 5.97 Å². The first kappa shape index (κ1) is 21.4. The largest absolute Gasteiger partial charge is 0.469 e. The molecule has 0 amide bonds. The quantitative estimate of drug-likeness (QED) is 0.293. The van der Waals surface area contributed by atoms with Crippen molar-refractivity contribution >= 4 is 5.97 Å². The van der Waals surface area contributed by atoms with E-state index in [4.69, 9.17) is 9.47 Å². The molecule has 0 saturated carbocycles. The summed E-state index contributed by atoms with van der Waals surface area (Å²) in [5.41, 5.74) is 0. The van der Waals surface area contributed by atoms with Crippen LogP contribution in [0.3, 0.4) is 0 Å². The van der Waals surface area contributed by atoms with E-state index in [0.29, 0.717) is 32.7 Å². The molecule has 0 saturated heterocycles. The number of methoxy groups -OCH3 is 1. The van der Waals surface area contributed by atoms with Crippen LogP contribution in [0.15, 0.2) is 0 Å². The molecule has 0 aromatic heterocycles. The molecule has 0 aliphatic heterocycles. The SMILES string of the molecule is CCCCCCCCCCCOCCOCCCC(=O)OC. The standard InChI is InChI=1S/C18H36O4/c1-3-4-5-6-7-8-9-10-11-14-21-16-17-22-15-12-13-18(19)20-2/h3-17H2,1-2H3. The molecule has 0 rings (SSSR count). The van der Waals surface area contributed by atoms with Gasteiger partial charge in [0.2, 0.25) is 0 Å². The van der Waals surface area contributed by atoms with E-state index in [1.807, 2.05) is 0 Å². The number of ether oxygens (including phenoxy) is 3. The fraction of sp³-hybridized carbons (Fsp3) is 0.944. The van der Waals surface area contributed by atoms with Crippen LogP contribution < -0.4 is 0 Å². The van der Waals surface area contributed by atoms with Crippen LogP contribution in [0.2, 0.25) is 0 Å². The highest BCUT2D eigenvalue weighted by Gasteiger charge is 1.99. The minimum Gasteiger partial charge on any atom is -0.469 e. The van der Waals surface area contributed by atoms with Crippen molar-refractivity contribution in [3.8, 4) is 0 Å². The van der Waals surface area contributed by atoms with Crippen molar-refractivity contribution in [3.05, 3.63) is 0 Å². The maximum absolute atomic E-state index is 10.9. The molecule has 0 aromatic rings. The maximum Gasteiger partial charge on any atom is 0.305 e. The Morgan fingerprint density at radius 2 is 1.18 bits per heavy atom. The number of carbonyl (C=O) groups excluding carboxylic acids is 1. The summed E-state index contributed by atoms with van der Waals surface area (Å²) in [6.45, 7) is 4.94. The molecule has 0 unspecified atom stereocenters. The van der Waals surface area contributed by atoms with Gasteiger partial charge in [0, 0.05) is 19.6 Å². The zero-order chi connectivity index (χ0) is 16.3. The summed E-state index contributed by atoms with van der Waals surface area (Å²) >= 11 is 0. The Hall–Kier alpha value is -0.610. The average Bonchev–Trinajstić information content (AvgIpc) is 2.54. The lowest BCUT2D eigenvalue weighted by atomic mass is 10.1. The first-order valence-electron chi connectivity index (χ1n) is 9.03. The van der Waals surface area contributed by atoms with Crippen LogP contribution >= 0.6 is 0 Å². The molecule has 0 spiro atoms. The molecular formula is C18H36O4. The van der Waals surface area contributed by atoms with E-state index in [1.54, 1.807) is 0 Å². The highest BCUT2D eigenvalue weighted by molar-refractivity contribution is 5.68. The van der Waals surface area contributed by atoms with Crippen molar-refractivity contribution in [1.29, 1.82) is 0 Å². The zero-order valence-electron chi connectivity index (χ0n) is 14.7. The highest BCUT2D eigenvalue weighted by atomic mass is 16.5. The molecule has 4 nitrogen and oxygen atoms in total. The van der Waals surface area contributed by atoms with Crippen molar-refractivity contribution in [2.24, 2.45) is 0 Å².